The summed E-state index contributed by atoms with van der Waals surface area (Å²) in [6, 6.07) is 4.49. The van der Waals surface area contributed by atoms with Gasteiger partial charge in [-0.2, -0.15) is 0 Å². The number of amides is 1. The van der Waals surface area contributed by atoms with E-state index in [1.165, 1.54) is 30.4 Å². The van der Waals surface area contributed by atoms with Gasteiger partial charge in [0, 0.05) is 32.1 Å². The number of fused-ring (bicyclic) bond motifs is 1. The van der Waals surface area contributed by atoms with Crippen molar-refractivity contribution in [2.45, 2.75) is 64.5 Å². The van der Waals surface area contributed by atoms with E-state index in [1.54, 1.807) is 14.2 Å². The lowest BCUT2D eigenvalue weighted by atomic mass is 9.95. The van der Waals surface area contributed by atoms with E-state index >= 15 is 0 Å². The summed E-state index contributed by atoms with van der Waals surface area (Å²) in [5.41, 5.74) is 2.51. The fourth-order valence-electron chi connectivity index (χ4n) is 4.30. The predicted octanol–water partition coefficient (Wildman–Crippen LogP) is 3.48. The summed E-state index contributed by atoms with van der Waals surface area (Å²) in [6.45, 7) is 4.99. The van der Waals surface area contributed by atoms with Crippen molar-refractivity contribution in [3.63, 3.8) is 0 Å². The smallest absolute Gasteiger partial charge is 0.222 e. The average molecular weight is 544 g/mol. The Morgan fingerprint density at radius 1 is 1.13 bits per heavy atom. The van der Waals surface area contributed by atoms with Crippen LogP contribution in [0.25, 0.3) is 0 Å². The largest absolute Gasteiger partial charge is 0.493 e. The second-order valence-electron chi connectivity index (χ2n) is 8.04. The van der Waals surface area contributed by atoms with Gasteiger partial charge >= 0.3 is 0 Å². The zero-order valence-corrected chi connectivity index (χ0v) is 21.4. The number of carbonyl (C=O) groups is 1. The van der Waals surface area contributed by atoms with Gasteiger partial charge in [-0.05, 0) is 49.4 Å². The third kappa shape index (κ3) is 7.15. The Labute approximate surface area is 203 Å². The lowest BCUT2D eigenvalue weighted by Crippen LogP contribution is -2.44. The zero-order chi connectivity index (χ0) is 21.3. The number of hydrogen-bond donors (Lipinski definition) is 2. The van der Waals surface area contributed by atoms with E-state index in [9.17, 15) is 4.79 Å². The van der Waals surface area contributed by atoms with Crippen molar-refractivity contribution in [3.8, 4) is 11.5 Å². The molecule has 2 aliphatic rings. The molecule has 31 heavy (non-hydrogen) atoms. The molecule has 0 atom stereocenters. The summed E-state index contributed by atoms with van der Waals surface area (Å²) < 4.78 is 10.9. The highest BCUT2D eigenvalue weighted by atomic mass is 127. The first kappa shape index (κ1) is 25.5. The normalized spacial score (nSPS) is 16.7. The van der Waals surface area contributed by atoms with E-state index in [0.29, 0.717) is 19.0 Å². The fourth-order valence-corrected chi connectivity index (χ4v) is 4.30. The second kappa shape index (κ2) is 13.0. The number of ether oxygens (including phenoxy) is 2. The standard InChI is InChI=1S/C23H36N4O3.HI/c1-4-24-23(25-12-10-22(28)26-19-8-6-5-7-9-19)27-13-11-17-14-20(29-2)21(30-3)15-18(17)16-27;/h14-15,19H,4-13,16H2,1-3H3,(H,24,25)(H,26,28);1H. The van der Waals surface area contributed by atoms with E-state index in [-0.39, 0.29) is 29.9 Å². The monoisotopic (exact) mass is 544 g/mol. The molecule has 8 heteroatoms. The molecule has 0 aromatic heterocycles. The molecule has 2 N–H and O–H groups in total. The number of nitrogens with zero attached hydrogens (tertiary/aromatic N) is 2. The molecule has 1 aliphatic carbocycles. The molecule has 1 aliphatic heterocycles. The van der Waals surface area contributed by atoms with Gasteiger partial charge in [0.15, 0.2) is 17.5 Å². The van der Waals surface area contributed by atoms with Crippen LogP contribution in [-0.2, 0) is 17.8 Å². The Bertz CT molecular complexity index is 751. The average Bonchev–Trinajstić information content (AvgIpc) is 2.77. The number of rotatable bonds is 7. The highest BCUT2D eigenvalue weighted by molar-refractivity contribution is 14.0. The van der Waals surface area contributed by atoms with E-state index in [4.69, 9.17) is 14.5 Å². The minimum atomic E-state index is 0. The second-order valence-corrected chi connectivity index (χ2v) is 8.04. The Morgan fingerprint density at radius 3 is 2.45 bits per heavy atom. The third-order valence-corrected chi connectivity index (χ3v) is 5.92. The fraction of sp³-hybridized carbons (Fsp3) is 0.652. The first-order valence-electron chi connectivity index (χ1n) is 11.2. The summed E-state index contributed by atoms with van der Waals surface area (Å²) in [5.74, 6) is 2.50. The van der Waals surface area contributed by atoms with Gasteiger partial charge in [-0.3, -0.25) is 9.79 Å². The van der Waals surface area contributed by atoms with Gasteiger partial charge < -0.3 is 25.0 Å². The van der Waals surface area contributed by atoms with Crippen LogP contribution in [0, 0.1) is 0 Å². The molecule has 174 valence electrons. The Kier molecular flexibility index (Phi) is 10.7. The predicted molar refractivity (Wildman–Crippen MR) is 135 cm³/mol. The SMILES string of the molecule is CCNC(=NCCC(=O)NC1CCCCC1)N1CCc2cc(OC)c(OC)cc2C1.I. The molecule has 0 unspecified atom stereocenters. The number of aliphatic imine (C=N–C) groups is 1. The van der Waals surface area contributed by atoms with Crippen LogP contribution in [0.1, 0.15) is 56.6 Å². The van der Waals surface area contributed by atoms with Gasteiger partial charge in [-0.25, -0.2) is 0 Å². The van der Waals surface area contributed by atoms with Crippen molar-refractivity contribution >= 4 is 35.8 Å². The van der Waals surface area contributed by atoms with Crippen molar-refractivity contribution < 1.29 is 14.3 Å². The molecule has 1 heterocycles. The zero-order valence-electron chi connectivity index (χ0n) is 19.0. The van der Waals surface area contributed by atoms with Crippen molar-refractivity contribution in [2.75, 3.05) is 33.9 Å². The van der Waals surface area contributed by atoms with Crippen LogP contribution in [-0.4, -0.2) is 56.7 Å². The molecule has 3 rings (SSSR count). The molecule has 0 bridgehead atoms. The molecular formula is C23H37IN4O3. The molecule has 1 fully saturated rings. The molecule has 1 saturated carbocycles. The minimum Gasteiger partial charge on any atom is -0.493 e. The first-order chi connectivity index (χ1) is 14.6. The molecule has 1 aromatic carbocycles. The number of hydrogen-bond acceptors (Lipinski definition) is 4. The van der Waals surface area contributed by atoms with Gasteiger partial charge in [0.25, 0.3) is 0 Å². The van der Waals surface area contributed by atoms with E-state index < -0.39 is 0 Å². The van der Waals surface area contributed by atoms with Crippen molar-refractivity contribution in [1.29, 1.82) is 0 Å². The molecular weight excluding hydrogens is 507 g/mol. The van der Waals surface area contributed by atoms with Gasteiger partial charge in [0.1, 0.15) is 0 Å². The topological polar surface area (TPSA) is 75.2 Å². The summed E-state index contributed by atoms with van der Waals surface area (Å²) >= 11 is 0. The highest BCUT2D eigenvalue weighted by Gasteiger charge is 2.22. The highest BCUT2D eigenvalue weighted by Crippen LogP contribution is 2.33. The van der Waals surface area contributed by atoms with Crippen LogP contribution in [0.3, 0.4) is 0 Å². The molecule has 0 radical (unpaired) electrons. The van der Waals surface area contributed by atoms with Crippen LogP contribution in [0.15, 0.2) is 17.1 Å². The van der Waals surface area contributed by atoms with Gasteiger partial charge in [0.2, 0.25) is 5.91 Å². The van der Waals surface area contributed by atoms with Crippen LogP contribution < -0.4 is 20.1 Å². The maximum atomic E-state index is 12.3. The van der Waals surface area contributed by atoms with Crippen molar-refractivity contribution in [1.82, 2.24) is 15.5 Å². The molecule has 0 spiro atoms. The van der Waals surface area contributed by atoms with Crippen molar-refractivity contribution in [2.24, 2.45) is 4.99 Å². The van der Waals surface area contributed by atoms with E-state index in [1.807, 2.05) is 0 Å². The first-order valence-corrected chi connectivity index (χ1v) is 11.2. The van der Waals surface area contributed by atoms with Crippen LogP contribution in [0.2, 0.25) is 0 Å². The van der Waals surface area contributed by atoms with Crippen LogP contribution >= 0.6 is 24.0 Å². The van der Waals surface area contributed by atoms with E-state index in [0.717, 1.165) is 56.4 Å². The van der Waals surface area contributed by atoms with Crippen LogP contribution in [0.5, 0.6) is 11.5 Å². The summed E-state index contributed by atoms with van der Waals surface area (Å²) in [6.07, 6.45) is 7.31. The van der Waals surface area contributed by atoms with Gasteiger partial charge in [-0.15, -0.1) is 24.0 Å². The Balaban J connectivity index is 0.00000341. The maximum Gasteiger partial charge on any atom is 0.222 e. The maximum absolute atomic E-state index is 12.3. The minimum absolute atomic E-state index is 0. The summed E-state index contributed by atoms with van der Waals surface area (Å²) in [7, 11) is 3.33. The van der Waals surface area contributed by atoms with Crippen LogP contribution in [0.4, 0.5) is 0 Å². The summed E-state index contributed by atoms with van der Waals surface area (Å²) in [4.78, 5) is 19.3. The number of benzene rings is 1. The van der Waals surface area contributed by atoms with Gasteiger partial charge in [-0.1, -0.05) is 19.3 Å². The quantitative estimate of drug-likeness (QED) is 0.313. The number of methoxy groups -OCH3 is 2. The molecule has 0 saturated heterocycles. The lowest BCUT2D eigenvalue weighted by Gasteiger charge is -2.32. The number of nitrogens with one attached hydrogen (secondary N) is 2. The lowest BCUT2D eigenvalue weighted by molar-refractivity contribution is -0.121. The number of carbonyl (C=O) groups excluding carboxylic acids is 1. The molecule has 1 aromatic rings. The van der Waals surface area contributed by atoms with Gasteiger partial charge in [0.05, 0.1) is 20.8 Å². The Hall–Kier alpha value is -1.71. The van der Waals surface area contributed by atoms with Crippen molar-refractivity contribution in [3.05, 3.63) is 23.3 Å². The summed E-state index contributed by atoms with van der Waals surface area (Å²) in [5, 5.41) is 6.55. The Morgan fingerprint density at radius 2 is 1.81 bits per heavy atom. The number of halogens is 1. The van der Waals surface area contributed by atoms with E-state index in [2.05, 4.69) is 34.6 Å². The molecule has 7 nitrogen and oxygen atoms in total. The number of guanidine groups is 1. The third-order valence-electron chi connectivity index (χ3n) is 5.92. The molecule has 1 amide bonds.